The number of carboxylic acids is 2. The number of hydrogen-bond acceptors (Lipinski definition) is 4. The van der Waals surface area contributed by atoms with Crippen LogP contribution in [-0.2, 0) is 9.59 Å². The summed E-state index contributed by atoms with van der Waals surface area (Å²) in [5, 5.41) is 39.1. The highest BCUT2D eigenvalue weighted by Gasteiger charge is 2.19. The number of aliphatic carboxylic acids is 2. The summed E-state index contributed by atoms with van der Waals surface area (Å²) < 4.78 is 0. The minimum atomic E-state index is -1.16. The predicted octanol–water partition coefficient (Wildman–Crippen LogP) is 7.71. The molecule has 1 atom stereocenters. The van der Waals surface area contributed by atoms with E-state index in [9.17, 15) is 30.0 Å². The molecule has 0 rings (SSSR count). The number of aliphatic hydroxyl groups is 2. The van der Waals surface area contributed by atoms with Crippen LogP contribution < -0.4 is 0 Å². The lowest BCUT2D eigenvalue weighted by Gasteiger charge is -2.13. The van der Waals surface area contributed by atoms with Crippen molar-refractivity contribution < 1.29 is 30.0 Å². The van der Waals surface area contributed by atoms with Crippen molar-refractivity contribution in [3.63, 3.8) is 0 Å². The van der Waals surface area contributed by atoms with Gasteiger partial charge in [-0.05, 0) is 44.9 Å². The third kappa shape index (κ3) is 16.7. The molecule has 34 heavy (non-hydrogen) atoms. The van der Waals surface area contributed by atoms with Gasteiger partial charge in [-0.2, -0.15) is 0 Å². The first kappa shape index (κ1) is 32.2. The van der Waals surface area contributed by atoms with E-state index in [0.717, 1.165) is 77.0 Å². The zero-order valence-electron chi connectivity index (χ0n) is 21.7. The van der Waals surface area contributed by atoms with Crippen molar-refractivity contribution in [3.8, 4) is 0 Å². The molecule has 0 radical (unpaired) electrons. The highest BCUT2D eigenvalue weighted by atomic mass is 16.4. The van der Waals surface area contributed by atoms with Crippen LogP contribution in [0.2, 0.25) is 0 Å². The molecule has 0 amide bonds. The first-order chi connectivity index (χ1) is 16.3. The Balaban J connectivity index is 4.16. The summed E-state index contributed by atoms with van der Waals surface area (Å²) >= 11 is 0. The Morgan fingerprint density at radius 1 is 0.647 bits per heavy atom. The summed E-state index contributed by atoms with van der Waals surface area (Å²) in [6.45, 7) is 4.28. The molecule has 0 bridgehead atoms. The first-order valence-corrected chi connectivity index (χ1v) is 13.6. The number of carboxylic acid groups (broad SMARTS) is 2. The minimum Gasteiger partial charge on any atom is -0.509 e. The van der Waals surface area contributed by atoms with E-state index in [2.05, 4.69) is 13.8 Å². The smallest absolute Gasteiger partial charge is 0.335 e. The largest absolute Gasteiger partial charge is 0.509 e. The van der Waals surface area contributed by atoms with Gasteiger partial charge in [-0.3, -0.25) is 0 Å². The van der Waals surface area contributed by atoms with E-state index in [-0.39, 0.29) is 17.8 Å². The molecule has 0 aliphatic rings. The van der Waals surface area contributed by atoms with Gasteiger partial charge in [0.25, 0.3) is 0 Å². The molecule has 0 saturated heterocycles. The zero-order valence-corrected chi connectivity index (χ0v) is 21.7. The van der Waals surface area contributed by atoms with Crippen LogP contribution in [0.5, 0.6) is 0 Å². The fraction of sp³-hybridized carbons (Fsp3) is 0.786. The van der Waals surface area contributed by atoms with E-state index in [4.69, 9.17) is 0 Å². The van der Waals surface area contributed by atoms with Gasteiger partial charge in [-0.25, -0.2) is 9.59 Å². The van der Waals surface area contributed by atoms with Gasteiger partial charge >= 0.3 is 11.9 Å². The topological polar surface area (TPSA) is 115 Å². The molecular weight excluding hydrogens is 432 g/mol. The fourth-order valence-electron chi connectivity index (χ4n) is 4.09. The quantitative estimate of drug-likeness (QED) is 0.0673. The minimum absolute atomic E-state index is 0.0751. The lowest BCUT2D eigenvalue weighted by Crippen LogP contribution is -2.16. The third-order valence-corrected chi connectivity index (χ3v) is 6.31. The Kier molecular flexibility index (Phi) is 20.5. The van der Waals surface area contributed by atoms with Crippen LogP contribution in [0.3, 0.4) is 0 Å². The molecule has 0 saturated carbocycles. The molecule has 0 aliphatic carbocycles. The lowest BCUT2D eigenvalue weighted by atomic mass is 9.99. The van der Waals surface area contributed by atoms with Crippen molar-refractivity contribution in [2.24, 2.45) is 0 Å². The number of rotatable bonds is 23. The molecular formula is C28H50O6. The summed E-state index contributed by atoms with van der Waals surface area (Å²) in [4.78, 5) is 22.9. The standard InChI is InChI=1S/C28H50O6/c1-3-5-7-9-12-15-19-23(27(31)32)20-16-13-10-11-14-17-21-24(28(33)34)26(30)25(29)22-18-8-6-4-2/h19,25,29-30H,3-18,20-22H2,1-2H3,(H,31,32)(H,33,34)/b23-19+,26-24+. The molecule has 0 aliphatic heterocycles. The molecule has 4 N–H and O–H groups in total. The average molecular weight is 483 g/mol. The van der Waals surface area contributed by atoms with Gasteiger partial charge < -0.3 is 20.4 Å². The maximum Gasteiger partial charge on any atom is 0.335 e. The van der Waals surface area contributed by atoms with Crippen molar-refractivity contribution in [2.45, 2.75) is 142 Å². The normalized spacial score (nSPS) is 13.6. The number of allylic oxidation sites excluding steroid dienone is 1. The van der Waals surface area contributed by atoms with Gasteiger partial charge in [0, 0.05) is 5.57 Å². The monoisotopic (exact) mass is 482 g/mol. The Bertz CT molecular complexity index is 608. The number of unbranched alkanes of at least 4 members (excludes halogenated alkanes) is 13. The third-order valence-electron chi connectivity index (χ3n) is 6.31. The zero-order chi connectivity index (χ0) is 25.6. The second-order valence-electron chi connectivity index (χ2n) is 9.39. The van der Waals surface area contributed by atoms with Gasteiger partial charge in [-0.1, -0.05) is 97.0 Å². The van der Waals surface area contributed by atoms with Gasteiger partial charge in [-0.15, -0.1) is 0 Å². The predicted molar refractivity (Wildman–Crippen MR) is 138 cm³/mol. The van der Waals surface area contributed by atoms with Crippen LogP contribution in [0.25, 0.3) is 0 Å². The van der Waals surface area contributed by atoms with Crippen LogP contribution in [0.15, 0.2) is 23.0 Å². The average Bonchev–Trinajstić information content (AvgIpc) is 2.80. The first-order valence-electron chi connectivity index (χ1n) is 13.6. The molecule has 0 spiro atoms. The van der Waals surface area contributed by atoms with Gasteiger partial charge in [0.1, 0.15) is 11.9 Å². The van der Waals surface area contributed by atoms with Crippen molar-refractivity contribution >= 4 is 11.9 Å². The molecule has 6 nitrogen and oxygen atoms in total. The van der Waals surface area contributed by atoms with Crippen LogP contribution in [0.4, 0.5) is 0 Å². The molecule has 0 aromatic heterocycles. The van der Waals surface area contributed by atoms with Gasteiger partial charge in [0.2, 0.25) is 0 Å². The maximum atomic E-state index is 11.5. The summed E-state index contributed by atoms with van der Waals surface area (Å²) in [6, 6.07) is 0. The molecule has 0 aromatic rings. The summed E-state index contributed by atoms with van der Waals surface area (Å²) in [7, 11) is 0. The second kappa shape index (κ2) is 21.7. The number of carbonyl (C=O) groups is 2. The molecule has 198 valence electrons. The second-order valence-corrected chi connectivity index (χ2v) is 9.39. The highest BCUT2D eigenvalue weighted by Crippen LogP contribution is 2.20. The van der Waals surface area contributed by atoms with Crippen molar-refractivity contribution in [3.05, 3.63) is 23.0 Å². The Labute approximate surface area is 207 Å². The maximum absolute atomic E-state index is 11.5. The summed E-state index contributed by atoms with van der Waals surface area (Å²) in [5.41, 5.74) is 0.448. The van der Waals surface area contributed by atoms with E-state index < -0.39 is 18.0 Å². The Morgan fingerprint density at radius 3 is 1.71 bits per heavy atom. The lowest BCUT2D eigenvalue weighted by molar-refractivity contribution is -0.134. The summed E-state index contributed by atoms with van der Waals surface area (Å²) in [6.07, 6.45) is 17.8. The molecule has 0 fully saturated rings. The van der Waals surface area contributed by atoms with E-state index in [1.54, 1.807) is 0 Å². The molecule has 0 heterocycles. The number of aliphatic hydroxyl groups excluding tert-OH is 2. The van der Waals surface area contributed by atoms with Crippen molar-refractivity contribution in [2.75, 3.05) is 0 Å². The van der Waals surface area contributed by atoms with Crippen LogP contribution in [0, 0.1) is 0 Å². The van der Waals surface area contributed by atoms with Gasteiger partial charge in [0.15, 0.2) is 0 Å². The molecule has 6 heteroatoms. The number of hydrogen-bond donors (Lipinski definition) is 4. The van der Waals surface area contributed by atoms with E-state index >= 15 is 0 Å². The van der Waals surface area contributed by atoms with Crippen LogP contribution in [-0.4, -0.2) is 38.5 Å². The van der Waals surface area contributed by atoms with E-state index in [1.165, 1.54) is 19.3 Å². The SMILES string of the molecule is CCCCCCC/C=C(\CCCCCCCC/C(C(=O)O)=C(\O)C(O)CCCCCC)C(=O)O. The highest BCUT2D eigenvalue weighted by molar-refractivity contribution is 5.87. The Morgan fingerprint density at radius 2 is 1.15 bits per heavy atom. The van der Waals surface area contributed by atoms with Crippen LogP contribution in [0.1, 0.15) is 136 Å². The van der Waals surface area contributed by atoms with E-state index in [0.29, 0.717) is 24.8 Å². The van der Waals surface area contributed by atoms with E-state index in [1.807, 2.05) is 6.08 Å². The fourth-order valence-corrected chi connectivity index (χ4v) is 4.09. The van der Waals surface area contributed by atoms with Crippen molar-refractivity contribution in [1.82, 2.24) is 0 Å². The Hall–Kier alpha value is -1.82. The van der Waals surface area contributed by atoms with Crippen LogP contribution >= 0.6 is 0 Å². The molecule has 0 aromatic carbocycles. The summed E-state index contributed by atoms with van der Waals surface area (Å²) in [5.74, 6) is -2.36. The van der Waals surface area contributed by atoms with Gasteiger partial charge in [0.05, 0.1) is 5.57 Å². The molecule has 1 unspecified atom stereocenters. The van der Waals surface area contributed by atoms with Crippen molar-refractivity contribution in [1.29, 1.82) is 0 Å².